The van der Waals surface area contributed by atoms with Crippen molar-refractivity contribution < 1.29 is 36.7 Å². The summed E-state index contributed by atoms with van der Waals surface area (Å²) in [5, 5.41) is 16.3. The molecule has 0 aliphatic rings. The van der Waals surface area contributed by atoms with Crippen molar-refractivity contribution >= 4 is 28.9 Å². The van der Waals surface area contributed by atoms with Crippen molar-refractivity contribution in [2.75, 3.05) is 0 Å². The predicted molar refractivity (Wildman–Crippen MR) is 72.1 cm³/mol. The molecule has 23 heavy (non-hydrogen) atoms. The van der Waals surface area contributed by atoms with Crippen LogP contribution in [0.15, 0.2) is 24.3 Å². The lowest BCUT2D eigenvalue weighted by Crippen LogP contribution is -2.22. The number of benzene rings is 3. The Morgan fingerprint density at radius 2 is 1.43 bits per heavy atom. The van der Waals surface area contributed by atoms with Gasteiger partial charge < -0.3 is 14.7 Å². The van der Waals surface area contributed by atoms with Gasteiger partial charge in [0.15, 0.2) is 29.0 Å². The Bertz CT molecular complexity index is 945. The summed E-state index contributed by atoms with van der Waals surface area (Å²) in [6, 6.07) is 3.76. The zero-order valence-electron chi connectivity index (χ0n) is 11.1. The fourth-order valence-electron chi connectivity index (χ4n) is 2.33. The van der Waals surface area contributed by atoms with E-state index in [0.717, 1.165) is 24.3 Å². The smallest absolute Gasteiger partial charge is 0.509 e. The number of fused-ring (bicyclic) bond motifs is 2. The van der Waals surface area contributed by atoms with Gasteiger partial charge in [-0.05, 0) is 23.6 Å². The Morgan fingerprint density at radius 1 is 0.739 bits per heavy atom. The molecule has 0 aromatic heterocycles. The summed E-state index contributed by atoms with van der Waals surface area (Å²) in [4.78, 5) is 0. The monoisotopic (exact) mass is 328 g/mol. The number of rotatable bonds is 2. The fourth-order valence-corrected chi connectivity index (χ4v) is 2.33. The minimum atomic E-state index is -2.49. The second kappa shape index (κ2) is 5.36. The molecule has 0 bridgehead atoms. The highest BCUT2D eigenvalue weighted by Gasteiger charge is 2.25. The molecule has 0 amide bonds. The number of halogens is 5. The van der Waals surface area contributed by atoms with Crippen LogP contribution in [0.5, 0.6) is 5.75 Å². The van der Waals surface area contributed by atoms with Crippen molar-refractivity contribution in [1.82, 2.24) is 0 Å². The van der Waals surface area contributed by atoms with Gasteiger partial charge in [0.1, 0.15) is 0 Å². The van der Waals surface area contributed by atoms with E-state index in [-0.39, 0.29) is 16.2 Å². The van der Waals surface area contributed by atoms with Crippen LogP contribution in [0.1, 0.15) is 0 Å². The molecule has 0 unspecified atom stereocenters. The Balaban J connectivity index is 2.48. The second-order valence-corrected chi connectivity index (χ2v) is 4.70. The first-order chi connectivity index (χ1) is 10.8. The highest BCUT2D eigenvalue weighted by molar-refractivity contribution is 6.34. The summed E-state index contributed by atoms with van der Waals surface area (Å²) in [5.74, 6) is -8.78. The summed E-state index contributed by atoms with van der Waals surface area (Å²) >= 11 is 0. The topological polar surface area (TPSA) is 49.7 Å². The van der Waals surface area contributed by atoms with Crippen LogP contribution in [0.2, 0.25) is 0 Å². The van der Waals surface area contributed by atoms with Crippen LogP contribution in [0.25, 0.3) is 21.5 Å². The molecule has 0 atom stereocenters. The Kier molecular flexibility index (Phi) is 3.61. The van der Waals surface area contributed by atoms with E-state index in [9.17, 15) is 22.0 Å². The van der Waals surface area contributed by atoms with E-state index in [1.807, 2.05) is 0 Å². The van der Waals surface area contributed by atoms with Crippen molar-refractivity contribution in [3.63, 3.8) is 0 Å². The lowest BCUT2D eigenvalue weighted by Gasteiger charge is -2.13. The zero-order valence-corrected chi connectivity index (χ0v) is 11.1. The molecule has 0 heterocycles. The first kappa shape index (κ1) is 15.5. The van der Waals surface area contributed by atoms with Crippen molar-refractivity contribution in [3.8, 4) is 5.75 Å². The van der Waals surface area contributed by atoms with Gasteiger partial charge in [-0.3, -0.25) is 0 Å². The van der Waals surface area contributed by atoms with Crippen molar-refractivity contribution in [2.45, 2.75) is 0 Å². The molecule has 3 aromatic carbocycles. The van der Waals surface area contributed by atoms with E-state index in [0.29, 0.717) is 0 Å². The normalized spacial score (nSPS) is 11.3. The van der Waals surface area contributed by atoms with Gasteiger partial charge in [0.25, 0.3) is 0 Å². The summed E-state index contributed by atoms with van der Waals surface area (Å²) in [6.45, 7) is 0. The fraction of sp³-hybridized carbons (Fsp3) is 0. The van der Waals surface area contributed by atoms with E-state index in [1.54, 1.807) is 0 Å². The van der Waals surface area contributed by atoms with Crippen LogP contribution in [0, 0.1) is 29.1 Å². The quantitative estimate of drug-likeness (QED) is 0.329. The largest absolute Gasteiger partial charge is 0.707 e. The minimum absolute atomic E-state index is 0.0547. The van der Waals surface area contributed by atoms with Crippen molar-refractivity contribution in [3.05, 3.63) is 53.4 Å². The third-order valence-corrected chi connectivity index (χ3v) is 3.33. The van der Waals surface area contributed by atoms with Crippen LogP contribution < -0.4 is 4.65 Å². The van der Waals surface area contributed by atoms with E-state index < -0.39 is 47.5 Å². The van der Waals surface area contributed by atoms with E-state index >= 15 is 0 Å². The molecule has 118 valence electrons. The molecule has 0 saturated heterocycles. The molecule has 3 rings (SSSR count). The Hall–Kier alpha value is -2.39. The summed E-state index contributed by atoms with van der Waals surface area (Å²) in [7, 11) is -2.49. The first-order valence-electron chi connectivity index (χ1n) is 6.22. The lowest BCUT2D eigenvalue weighted by molar-refractivity contribution is 0.280. The van der Waals surface area contributed by atoms with Crippen LogP contribution in [0.4, 0.5) is 22.0 Å². The minimum Gasteiger partial charge on any atom is -0.509 e. The van der Waals surface area contributed by atoms with Crippen molar-refractivity contribution in [2.24, 2.45) is 0 Å². The van der Waals surface area contributed by atoms with Crippen LogP contribution >= 0.6 is 0 Å². The van der Waals surface area contributed by atoms with Crippen LogP contribution in [0.3, 0.4) is 0 Å². The molecule has 0 spiro atoms. The molecule has 3 aromatic rings. The van der Waals surface area contributed by atoms with Crippen LogP contribution in [-0.4, -0.2) is 17.4 Å². The SMILES string of the molecule is OB(O)Oc1c(F)c(F)c(F)c2cc3c(F)c(F)ccc3cc12. The molecule has 9 heteroatoms. The van der Waals surface area contributed by atoms with Gasteiger partial charge in [0.2, 0.25) is 5.82 Å². The van der Waals surface area contributed by atoms with E-state index in [1.165, 1.54) is 0 Å². The van der Waals surface area contributed by atoms with Gasteiger partial charge in [0, 0.05) is 16.2 Å². The summed E-state index contributed by atoms with van der Waals surface area (Å²) in [6.07, 6.45) is 0. The van der Waals surface area contributed by atoms with Gasteiger partial charge in [-0.25, -0.2) is 17.6 Å². The zero-order chi connectivity index (χ0) is 16.9. The Morgan fingerprint density at radius 3 is 2.09 bits per heavy atom. The Labute approximate surface area is 125 Å². The summed E-state index contributed by atoms with van der Waals surface area (Å²) < 4.78 is 72.7. The average Bonchev–Trinajstić information content (AvgIpc) is 2.52. The average molecular weight is 328 g/mol. The molecule has 0 saturated carbocycles. The van der Waals surface area contributed by atoms with Gasteiger partial charge in [-0.2, -0.15) is 4.39 Å². The molecule has 0 radical (unpaired) electrons. The van der Waals surface area contributed by atoms with E-state index in [4.69, 9.17) is 10.0 Å². The first-order valence-corrected chi connectivity index (χ1v) is 6.22. The third kappa shape index (κ3) is 2.38. The lowest BCUT2D eigenvalue weighted by atomic mass is 10.0. The molecule has 2 N–H and O–H groups in total. The molecule has 0 fully saturated rings. The third-order valence-electron chi connectivity index (χ3n) is 3.33. The standard InChI is InChI=1S/C14H6BF5O3/c16-9-2-1-5-3-8-7(4-6(5)10(9)17)11(18)12(19)13(20)14(8)23-15(21)22/h1-4,21-22H. The van der Waals surface area contributed by atoms with Crippen molar-refractivity contribution in [1.29, 1.82) is 0 Å². The van der Waals surface area contributed by atoms with Gasteiger partial charge in [-0.15, -0.1) is 0 Å². The molecule has 0 aliphatic carbocycles. The second-order valence-electron chi connectivity index (χ2n) is 4.70. The molecular weight excluding hydrogens is 322 g/mol. The van der Waals surface area contributed by atoms with Gasteiger partial charge >= 0.3 is 7.32 Å². The highest BCUT2D eigenvalue weighted by Crippen LogP contribution is 2.37. The number of hydrogen-bond donors (Lipinski definition) is 2. The highest BCUT2D eigenvalue weighted by atomic mass is 19.2. The molecular formula is C14H6BF5O3. The van der Waals surface area contributed by atoms with Gasteiger partial charge in [-0.1, -0.05) is 6.07 Å². The molecule has 0 aliphatic heterocycles. The maximum atomic E-state index is 13.9. The van der Waals surface area contributed by atoms with Crippen LogP contribution in [-0.2, 0) is 0 Å². The molecule has 3 nitrogen and oxygen atoms in total. The van der Waals surface area contributed by atoms with Gasteiger partial charge in [0.05, 0.1) is 0 Å². The maximum absolute atomic E-state index is 13.9. The maximum Gasteiger partial charge on any atom is 0.707 e. The summed E-state index contributed by atoms with van der Waals surface area (Å²) in [5.41, 5.74) is 0. The predicted octanol–water partition coefficient (Wildman–Crippen LogP) is 3.04. The number of hydrogen-bond acceptors (Lipinski definition) is 3. The van der Waals surface area contributed by atoms with E-state index in [2.05, 4.69) is 4.65 Å².